The maximum Gasteiger partial charge on any atom is 0.132 e. The van der Waals surface area contributed by atoms with Gasteiger partial charge < -0.3 is 10.1 Å². The summed E-state index contributed by atoms with van der Waals surface area (Å²) in [6, 6.07) is 20.2. The van der Waals surface area contributed by atoms with Gasteiger partial charge in [0.1, 0.15) is 29.7 Å². The minimum atomic E-state index is -0.0808. The maximum atomic E-state index is 6.54. The third-order valence-corrected chi connectivity index (χ3v) is 11.1. The van der Waals surface area contributed by atoms with E-state index < -0.39 is 0 Å². The molecule has 2 aliphatic heterocycles. The Kier molecular flexibility index (Phi) is 7.23. The number of ether oxygens (including phenoxy) is 1. The zero-order valence-electron chi connectivity index (χ0n) is 28.0. The number of hydrogen-bond acceptors (Lipinski definition) is 4. The molecule has 0 radical (unpaired) electrons. The van der Waals surface area contributed by atoms with Gasteiger partial charge in [0.2, 0.25) is 0 Å². The molecule has 0 bridgehead atoms. The van der Waals surface area contributed by atoms with E-state index in [0.717, 1.165) is 68.7 Å². The molecule has 9 rings (SSSR count). The lowest BCUT2D eigenvalue weighted by Gasteiger charge is -2.38. The van der Waals surface area contributed by atoms with E-state index in [-0.39, 0.29) is 17.7 Å². The zero-order chi connectivity index (χ0) is 32.2. The van der Waals surface area contributed by atoms with Gasteiger partial charge in [-0.15, -0.1) is 0 Å². The lowest BCUT2D eigenvalue weighted by Crippen LogP contribution is -2.56. The smallest absolute Gasteiger partial charge is 0.132 e. The van der Waals surface area contributed by atoms with Gasteiger partial charge in [-0.3, -0.25) is 5.32 Å². The number of nitrogens with one attached hydrogen (secondary N) is 2. The van der Waals surface area contributed by atoms with Crippen molar-refractivity contribution < 1.29 is 4.74 Å². The number of aliphatic imine (C=N–C) groups is 1. The summed E-state index contributed by atoms with van der Waals surface area (Å²) in [4.78, 5) is 5.32. The minimum absolute atomic E-state index is 0.00535. The first kappa shape index (κ1) is 29.5. The molecule has 4 heteroatoms. The second-order valence-corrected chi connectivity index (χ2v) is 14.5. The summed E-state index contributed by atoms with van der Waals surface area (Å²) in [6.07, 6.45) is 26.9. The Balaban J connectivity index is 1.04. The van der Waals surface area contributed by atoms with E-state index in [2.05, 4.69) is 128 Å². The molecule has 2 heterocycles. The molecule has 3 aromatic carbocycles. The first-order valence-electron chi connectivity index (χ1n) is 17.8. The standard InChI is InChI=1S/C44H43N3O/c1-44(2)37-17-8-9-18-39(37)48-40-27-31(22-24-38(40)44)30-14-10-15-33(25-30)42-45-41(29-12-4-3-5-13-29)46-43(47-42)34-21-23-36-32(26-34)20-19-28-11-6-7-16-35(28)36/h4,6-7,11-14,16-20,22,24-27,42-43,47H,3,5,8-10,15,21,23H2,1-2H3,(H,45,46). The molecule has 0 saturated heterocycles. The predicted molar refractivity (Wildman–Crippen MR) is 199 cm³/mol. The third kappa shape index (κ3) is 5.14. The third-order valence-electron chi connectivity index (χ3n) is 11.1. The Morgan fingerprint density at radius 3 is 2.58 bits per heavy atom. The van der Waals surface area contributed by atoms with Crippen molar-refractivity contribution in [2.24, 2.45) is 4.99 Å². The van der Waals surface area contributed by atoms with Gasteiger partial charge in [-0.2, -0.15) is 0 Å². The van der Waals surface area contributed by atoms with Crippen LogP contribution < -0.4 is 15.4 Å². The van der Waals surface area contributed by atoms with Crippen LogP contribution in [0.4, 0.5) is 0 Å². The summed E-state index contributed by atoms with van der Waals surface area (Å²) < 4.78 is 6.54. The second kappa shape index (κ2) is 11.8. The summed E-state index contributed by atoms with van der Waals surface area (Å²) in [7, 11) is 0. The molecule has 4 nitrogen and oxygen atoms in total. The molecule has 2 N–H and O–H groups in total. The van der Waals surface area contributed by atoms with Gasteiger partial charge in [-0.1, -0.05) is 105 Å². The van der Waals surface area contributed by atoms with Gasteiger partial charge in [0.05, 0.1) is 0 Å². The van der Waals surface area contributed by atoms with Crippen molar-refractivity contribution in [2.75, 3.05) is 0 Å². The molecule has 240 valence electrons. The summed E-state index contributed by atoms with van der Waals surface area (Å²) in [5.41, 5.74) is 11.7. The highest BCUT2D eigenvalue weighted by Crippen LogP contribution is 2.48. The number of aryl methyl sites for hydroxylation is 1. The number of allylic oxidation sites excluding steroid dienone is 8. The first-order valence-corrected chi connectivity index (χ1v) is 17.8. The Morgan fingerprint density at radius 2 is 1.67 bits per heavy atom. The molecule has 2 atom stereocenters. The van der Waals surface area contributed by atoms with Crippen LogP contribution in [0.2, 0.25) is 0 Å². The van der Waals surface area contributed by atoms with Gasteiger partial charge in [0.25, 0.3) is 0 Å². The van der Waals surface area contributed by atoms with Gasteiger partial charge >= 0.3 is 0 Å². The number of nitrogens with zero attached hydrogens (tertiary/aromatic N) is 1. The first-order chi connectivity index (χ1) is 23.5. The van der Waals surface area contributed by atoms with Crippen molar-refractivity contribution in [1.29, 1.82) is 0 Å². The Hall–Kier alpha value is -4.67. The lowest BCUT2D eigenvalue weighted by molar-refractivity contribution is 0.366. The van der Waals surface area contributed by atoms with Crippen LogP contribution in [-0.4, -0.2) is 18.2 Å². The number of benzene rings is 3. The average Bonchev–Trinajstić information content (AvgIpc) is 3.14. The van der Waals surface area contributed by atoms with Crippen LogP contribution in [0.5, 0.6) is 5.75 Å². The van der Waals surface area contributed by atoms with Crippen molar-refractivity contribution in [1.82, 2.24) is 10.6 Å². The fourth-order valence-corrected chi connectivity index (χ4v) is 8.43. The summed E-state index contributed by atoms with van der Waals surface area (Å²) in [6.45, 7) is 4.65. The van der Waals surface area contributed by atoms with E-state index in [9.17, 15) is 0 Å². The molecule has 0 amide bonds. The summed E-state index contributed by atoms with van der Waals surface area (Å²) in [5, 5.41) is 10.5. The molecule has 2 unspecified atom stereocenters. The quantitative estimate of drug-likeness (QED) is 0.302. The van der Waals surface area contributed by atoms with Crippen LogP contribution in [0.1, 0.15) is 81.0 Å². The molecular formula is C44H43N3O. The van der Waals surface area contributed by atoms with Crippen LogP contribution in [0.15, 0.2) is 130 Å². The van der Waals surface area contributed by atoms with E-state index in [1.807, 2.05) is 0 Å². The fraction of sp³-hybridized carbons (Fsp3) is 0.295. The molecule has 0 spiro atoms. The fourth-order valence-electron chi connectivity index (χ4n) is 8.43. The molecule has 0 saturated carbocycles. The number of rotatable bonds is 4. The normalized spacial score (nSPS) is 24.2. The van der Waals surface area contributed by atoms with Crippen LogP contribution in [-0.2, 0) is 11.8 Å². The highest BCUT2D eigenvalue weighted by molar-refractivity contribution is 6.02. The highest BCUT2D eigenvalue weighted by Gasteiger charge is 2.37. The maximum absolute atomic E-state index is 6.54. The number of amidine groups is 1. The predicted octanol–water partition coefficient (Wildman–Crippen LogP) is 9.77. The van der Waals surface area contributed by atoms with Gasteiger partial charge in [0, 0.05) is 22.1 Å². The molecule has 0 fully saturated rings. The molecule has 4 aliphatic carbocycles. The van der Waals surface area contributed by atoms with Crippen molar-refractivity contribution in [3.05, 3.63) is 147 Å². The van der Waals surface area contributed by atoms with Gasteiger partial charge in [-0.25, -0.2) is 4.99 Å². The summed E-state index contributed by atoms with van der Waals surface area (Å²) in [5.74, 6) is 3.02. The Labute approximate surface area is 284 Å². The highest BCUT2D eigenvalue weighted by atomic mass is 16.5. The minimum Gasteiger partial charge on any atom is -0.457 e. The van der Waals surface area contributed by atoms with Crippen molar-refractivity contribution in [3.63, 3.8) is 0 Å². The van der Waals surface area contributed by atoms with Crippen molar-refractivity contribution in [2.45, 2.75) is 83.0 Å². The summed E-state index contributed by atoms with van der Waals surface area (Å²) >= 11 is 0. The van der Waals surface area contributed by atoms with E-state index >= 15 is 0 Å². The van der Waals surface area contributed by atoms with E-state index in [1.165, 1.54) is 60.9 Å². The number of fused-ring (bicyclic) bond motifs is 5. The monoisotopic (exact) mass is 629 g/mol. The van der Waals surface area contributed by atoms with Gasteiger partial charge in [-0.05, 0) is 108 Å². The van der Waals surface area contributed by atoms with Crippen LogP contribution in [0.3, 0.4) is 0 Å². The SMILES string of the molecule is CC1(C)C2=CCCC=C2Oc2cc(C3=CCCC(C4NC(C5=CCCC=C5)=NC(C5=Cc6ccc7ccccc7c6CC5)N4)=C3)ccc21. The molecule has 48 heavy (non-hydrogen) atoms. The zero-order valence-corrected chi connectivity index (χ0v) is 28.0. The van der Waals surface area contributed by atoms with E-state index in [4.69, 9.17) is 9.73 Å². The molecule has 6 aliphatic rings. The van der Waals surface area contributed by atoms with Gasteiger partial charge in [0.15, 0.2) is 0 Å². The second-order valence-electron chi connectivity index (χ2n) is 14.5. The van der Waals surface area contributed by atoms with Crippen LogP contribution in [0.25, 0.3) is 22.4 Å². The van der Waals surface area contributed by atoms with Crippen LogP contribution in [0, 0.1) is 0 Å². The lowest BCUT2D eigenvalue weighted by atomic mass is 9.72. The largest absolute Gasteiger partial charge is 0.457 e. The average molecular weight is 630 g/mol. The van der Waals surface area contributed by atoms with E-state index in [0.29, 0.717) is 0 Å². The Morgan fingerprint density at radius 1 is 0.792 bits per heavy atom. The topological polar surface area (TPSA) is 45.6 Å². The Bertz CT molecular complexity index is 2100. The molecule has 3 aromatic rings. The van der Waals surface area contributed by atoms with E-state index in [1.54, 1.807) is 0 Å². The van der Waals surface area contributed by atoms with Crippen LogP contribution >= 0.6 is 0 Å². The number of hydrogen-bond donors (Lipinski definition) is 2. The van der Waals surface area contributed by atoms with Crippen molar-refractivity contribution in [3.8, 4) is 5.75 Å². The molecular weight excluding hydrogens is 587 g/mol. The van der Waals surface area contributed by atoms with Crippen molar-refractivity contribution >= 4 is 28.3 Å². The molecule has 0 aromatic heterocycles.